The molecule has 1 fully saturated rings. The number of nitrogens with zero attached hydrogens (tertiary/aromatic N) is 1. The lowest BCUT2D eigenvalue weighted by atomic mass is 10.2. The fraction of sp³-hybridized carbons (Fsp3) is 0.636. The van der Waals surface area contributed by atoms with Crippen molar-refractivity contribution in [1.29, 1.82) is 0 Å². The number of aromatic nitrogens is 2. The van der Waals surface area contributed by atoms with E-state index in [2.05, 4.69) is 15.3 Å². The van der Waals surface area contributed by atoms with Crippen molar-refractivity contribution in [2.24, 2.45) is 0 Å². The van der Waals surface area contributed by atoms with Gasteiger partial charge in [-0.05, 0) is 19.8 Å². The topological polar surface area (TPSA) is 57.8 Å². The highest BCUT2D eigenvalue weighted by molar-refractivity contribution is 5.35. The molecule has 1 aromatic heterocycles. The number of anilines is 1. The minimum atomic E-state index is -4.23. The molecular formula is C11H14F3N3O. The van der Waals surface area contributed by atoms with Crippen LogP contribution in [0.3, 0.4) is 0 Å². The van der Waals surface area contributed by atoms with Gasteiger partial charge >= 0.3 is 6.18 Å². The minimum Gasteiger partial charge on any atom is -0.367 e. The molecule has 2 N–H and O–H groups in total. The molecule has 0 aromatic carbocycles. The maximum Gasteiger partial charge on any atom is 0.391 e. The summed E-state index contributed by atoms with van der Waals surface area (Å²) in [7, 11) is 0. The lowest BCUT2D eigenvalue weighted by molar-refractivity contribution is -0.136. The molecule has 1 atom stereocenters. The van der Waals surface area contributed by atoms with Crippen LogP contribution in [-0.4, -0.2) is 22.2 Å². The van der Waals surface area contributed by atoms with Crippen molar-refractivity contribution in [2.75, 3.05) is 5.32 Å². The molecule has 18 heavy (non-hydrogen) atoms. The van der Waals surface area contributed by atoms with Crippen LogP contribution < -0.4 is 10.9 Å². The average molecular weight is 261 g/mol. The fourth-order valence-electron chi connectivity index (χ4n) is 1.75. The Kier molecular flexibility index (Phi) is 3.32. The summed E-state index contributed by atoms with van der Waals surface area (Å²) < 4.78 is 36.5. The average Bonchev–Trinajstić information content (AvgIpc) is 2.95. The van der Waals surface area contributed by atoms with E-state index >= 15 is 0 Å². The zero-order chi connectivity index (χ0) is 13.3. The minimum absolute atomic E-state index is 0.206. The fourth-order valence-corrected chi connectivity index (χ4v) is 1.75. The predicted octanol–water partition coefficient (Wildman–Crippen LogP) is 2.40. The Labute approximate surface area is 102 Å². The van der Waals surface area contributed by atoms with E-state index in [1.54, 1.807) is 0 Å². The first-order chi connectivity index (χ1) is 8.33. The largest absolute Gasteiger partial charge is 0.391 e. The van der Waals surface area contributed by atoms with Crippen LogP contribution in [0.15, 0.2) is 10.9 Å². The van der Waals surface area contributed by atoms with E-state index in [1.807, 2.05) is 0 Å². The Bertz CT molecular complexity index is 479. The monoisotopic (exact) mass is 261 g/mol. The van der Waals surface area contributed by atoms with Crippen LogP contribution in [0, 0.1) is 0 Å². The molecule has 1 heterocycles. The van der Waals surface area contributed by atoms with Gasteiger partial charge in [0, 0.05) is 18.0 Å². The van der Waals surface area contributed by atoms with Gasteiger partial charge in [-0.3, -0.25) is 4.79 Å². The lowest BCUT2D eigenvalue weighted by Crippen LogP contribution is -2.25. The highest BCUT2D eigenvalue weighted by Gasteiger charge is 2.30. The van der Waals surface area contributed by atoms with Crippen molar-refractivity contribution in [2.45, 2.75) is 44.3 Å². The number of rotatable bonds is 4. The van der Waals surface area contributed by atoms with E-state index in [4.69, 9.17) is 0 Å². The number of alkyl halides is 3. The number of aromatic amines is 1. The summed E-state index contributed by atoms with van der Waals surface area (Å²) >= 11 is 0. The molecule has 0 radical (unpaired) electrons. The van der Waals surface area contributed by atoms with Gasteiger partial charge < -0.3 is 10.3 Å². The molecule has 0 saturated heterocycles. The molecule has 0 spiro atoms. The normalized spacial score (nSPS) is 17.6. The summed E-state index contributed by atoms with van der Waals surface area (Å²) in [5.41, 5.74) is -0.339. The van der Waals surface area contributed by atoms with E-state index in [1.165, 1.54) is 13.0 Å². The van der Waals surface area contributed by atoms with Crippen LogP contribution in [0.25, 0.3) is 0 Å². The zero-order valence-corrected chi connectivity index (χ0v) is 9.84. The number of hydrogen-bond acceptors (Lipinski definition) is 3. The van der Waals surface area contributed by atoms with Crippen molar-refractivity contribution in [1.82, 2.24) is 9.97 Å². The zero-order valence-electron chi connectivity index (χ0n) is 9.84. The molecule has 2 rings (SSSR count). The highest BCUT2D eigenvalue weighted by atomic mass is 19.4. The second-order valence-corrected chi connectivity index (χ2v) is 4.65. The van der Waals surface area contributed by atoms with Crippen molar-refractivity contribution < 1.29 is 13.2 Å². The summed E-state index contributed by atoms with van der Waals surface area (Å²) in [6.45, 7) is 1.41. The maximum atomic E-state index is 12.2. The molecular weight excluding hydrogens is 247 g/mol. The van der Waals surface area contributed by atoms with Gasteiger partial charge in [-0.2, -0.15) is 13.2 Å². The smallest absolute Gasteiger partial charge is 0.367 e. The van der Waals surface area contributed by atoms with Gasteiger partial charge in [-0.1, -0.05) is 0 Å². The Morgan fingerprint density at radius 3 is 2.78 bits per heavy atom. The van der Waals surface area contributed by atoms with Gasteiger partial charge in [0.25, 0.3) is 5.56 Å². The van der Waals surface area contributed by atoms with Gasteiger partial charge in [-0.15, -0.1) is 0 Å². The van der Waals surface area contributed by atoms with Crippen molar-refractivity contribution in [3.05, 3.63) is 22.2 Å². The quantitative estimate of drug-likeness (QED) is 0.875. The molecule has 0 amide bonds. The summed E-state index contributed by atoms with van der Waals surface area (Å²) in [6, 6.07) is 0.366. The molecule has 4 nitrogen and oxygen atoms in total. The molecule has 1 saturated carbocycles. The van der Waals surface area contributed by atoms with Crippen LogP contribution in [0.2, 0.25) is 0 Å². The van der Waals surface area contributed by atoms with Crippen LogP contribution >= 0.6 is 0 Å². The number of nitrogens with one attached hydrogen (secondary N) is 2. The van der Waals surface area contributed by atoms with Crippen molar-refractivity contribution >= 4 is 5.82 Å². The van der Waals surface area contributed by atoms with Crippen LogP contribution in [0.5, 0.6) is 0 Å². The van der Waals surface area contributed by atoms with E-state index in [-0.39, 0.29) is 17.3 Å². The summed E-state index contributed by atoms with van der Waals surface area (Å²) in [5, 5.41) is 2.61. The van der Waals surface area contributed by atoms with E-state index in [0.29, 0.717) is 5.82 Å². The second kappa shape index (κ2) is 4.62. The number of H-pyrrole nitrogens is 1. The molecule has 7 heteroatoms. The van der Waals surface area contributed by atoms with Crippen molar-refractivity contribution in [3.8, 4) is 0 Å². The Morgan fingerprint density at radius 1 is 1.56 bits per heavy atom. The molecule has 1 aliphatic rings. The molecule has 1 unspecified atom stereocenters. The van der Waals surface area contributed by atoms with Gasteiger partial charge in [0.05, 0.1) is 6.42 Å². The van der Waals surface area contributed by atoms with E-state index in [0.717, 1.165) is 12.8 Å². The first kappa shape index (κ1) is 12.9. The molecule has 0 bridgehead atoms. The van der Waals surface area contributed by atoms with Gasteiger partial charge in [0.2, 0.25) is 0 Å². The third kappa shape index (κ3) is 3.75. The Morgan fingerprint density at radius 2 is 2.22 bits per heavy atom. The highest BCUT2D eigenvalue weighted by Crippen LogP contribution is 2.37. The van der Waals surface area contributed by atoms with Crippen molar-refractivity contribution in [3.63, 3.8) is 0 Å². The van der Waals surface area contributed by atoms with Crippen LogP contribution in [0.4, 0.5) is 19.0 Å². The third-order valence-corrected chi connectivity index (χ3v) is 2.66. The number of hydrogen-bond donors (Lipinski definition) is 2. The molecule has 1 aliphatic carbocycles. The first-order valence-electron chi connectivity index (χ1n) is 5.78. The molecule has 0 aliphatic heterocycles. The maximum absolute atomic E-state index is 12.2. The molecule has 100 valence electrons. The van der Waals surface area contributed by atoms with Gasteiger partial charge in [0.15, 0.2) is 0 Å². The first-order valence-corrected chi connectivity index (χ1v) is 5.78. The summed E-state index contributed by atoms with van der Waals surface area (Å²) in [6.07, 6.45) is -3.26. The second-order valence-electron chi connectivity index (χ2n) is 4.65. The Balaban J connectivity index is 2.06. The van der Waals surface area contributed by atoms with Gasteiger partial charge in [-0.25, -0.2) is 4.98 Å². The summed E-state index contributed by atoms with van der Waals surface area (Å²) in [5.74, 6) is 1.01. The Hall–Kier alpha value is -1.53. The van der Waals surface area contributed by atoms with E-state index < -0.39 is 18.6 Å². The SMILES string of the molecule is CC(CC(F)(F)F)Nc1cc(=O)[nH]c(C2CC2)n1. The lowest BCUT2D eigenvalue weighted by Gasteiger charge is -2.16. The van der Waals surface area contributed by atoms with Crippen LogP contribution in [-0.2, 0) is 0 Å². The van der Waals surface area contributed by atoms with Crippen LogP contribution in [0.1, 0.15) is 37.9 Å². The third-order valence-electron chi connectivity index (χ3n) is 2.66. The number of halogens is 3. The van der Waals surface area contributed by atoms with E-state index in [9.17, 15) is 18.0 Å². The molecule has 1 aromatic rings. The standard InChI is InChI=1S/C11H14F3N3O/c1-6(5-11(12,13)14)15-8-4-9(18)17-10(16-8)7-2-3-7/h4,6-7H,2-3,5H2,1H3,(H2,15,16,17,18). The summed E-state index contributed by atoms with van der Waals surface area (Å²) in [4.78, 5) is 18.1. The predicted molar refractivity (Wildman–Crippen MR) is 60.6 cm³/mol. The van der Waals surface area contributed by atoms with Gasteiger partial charge in [0.1, 0.15) is 11.6 Å².